The van der Waals surface area contributed by atoms with Gasteiger partial charge in [0.15, 0.2) is 0 Å². The minimum absolute atomic E-state index is 0.0475. The van der Waals surface area contributed by atoms with E-state index < -0.39 is 20.0 Å². The highest BCUT2D eigenvalue weighted by atomic mass is 31.2. The zero-order valence-electron chi connectivity index (χ0n) is 52.5. The Bertz CT molecular complexity index is 1720. The number of carbonyl (C=O) groups excluding carboxylic acids is 1. The fourth-order valence-corrected chi connectivity index (χ4v) is 9.79. The van der Waals surface area contributed by atoms with Gasteiger partial charge in [-0.05, 0) is 103 Å². The lowest BCUT2D eigenvalue weighted by atomic mass is 10.0. The van der Waals surface area contributed by atoms with Crippen LogP contribution in [0.5, 0.6) is 0 Å². The van der Waals surface area contributed by atoms with Crippen molar-refractivity contribution in [3.05, 3.63) is 122 Å². The Morgan fingerprint density at radius 1 is 0.438 bits per heavy atom. The van der Waals surface area contributed by atoms with Gasteiger partial charge < -0.3 is 19.8 Å². The summed E-state index contributed by atoms with van der Waals surface area (Å²) in [4.78, 5) is 23.4. The summed E-state index contributed by atoms with van der Waals surface area (Å²) < 4.78 is 23.8. The molecule has 3 atom stereocenters. The molecule has 80 heavy (non-hydrogen) atoms. The van der Waals surface area contributed by atoms with Gasteiger partial charge in [-0.2, -0.15) is 0 Å². The first-order valence-corrected chi connectivity index (χ1v) is 34.4. The maximum atomic E-state index is 13.0. The number of nitrogens with one attached hydrogen (secondary N) is 1. The van der Waals surface area contributed by atoms with Gasteiger partial charge in [-0.3, -0.25) is 13.8 Å². The predicted octanol–water partition coefficient (Wildman–Crippen LogP) is 20.9. The highest BCUT2D eigenvalue weighted by Crippen LogP contribution is 2.43. The molecule has 0 spiro atoms. The van der Waals surface area contributed by atoms with Crippen molar-refractivity contribution in [2.75, 3.05) is 40.9 Å². The fourth-order valence-electron chi connectivity index (χ4n) is 9.06. The van der Waals surface area contributed by atoms with E-state index in [2.05, 4.69) is 129 Å². The Kier molecular flexibility index (Phi) is 58.1. The standard InChI is InChI=1S/C71H125N2O6P/c1-6-8-10-12-14-16-18-20-22-24-26-28-30-32-33-34-35-36-37-38-39-41-43-45-47-49-51-53-55-57-59-61-63-65-71(75)72-69(68-79-80(76,77)78-67-66-73(3,4)5)70(74)64-62-60-58-56-54-52-50-48-46-44-42-40-31-29-27-25-23-21-19-17-15-13-11-9-7-2/h8,10,14,16,20,22,26,28,32-33,35-36,38-39,46,48,54,56,62,64,69-70,74H,6-7,9,11-13,15,17-19,21,23-25,27,29-31,34,37,40-45,47,49-53,55,57-61,63,65-68H2,1-5H3,(H-,72,75,76,77)/p+1/b10-8-,16-14-,22-20-,28-26-,33-32-,36-35-,39-38-,48-46+,56-54+,64-62+. The van der Waals surface area contributed by atoms with Gasteiger partial charge in [-0.25, -0.2) is 4.57 Å². The molecule has 0 saturated heterocycles. The lowest BCUT2D eigenvalue weighted by Crippen LogP contribution is -2.45. The molecule has 8 nitrogen and oxygen atoms in total. The van der Waals surface area contributed by atoms with Gasteiger partial charge in [-0.15, -0.1) is 0 Å². The van der Waals surface area contributed by atoms with Crippen LogP contribution in [-0.4, -0.2) is 73.4 Å². The lowest BCUT2D eigenvalue weighted by molar-refractivity contribution is -0.870. The monoisotopic (exact) mass is 1130 g/mol. The van der Waals surface area contributed by atoms with Gasteiger partial charge >= 0.3 is 7.82 Å². The van der Waals surface area contributed by atoms with Crippen LogP contribution in [0.4, 0.5) is 0 Å². The molecule has 0 aliphatic heterocycles. The summed E-state index contributed by atoms with van der Waals surface area (Å²) in [5.74, 6) is -0.197. The van der Waals surface area contributed by atoms with E-state index in [1.807, 2.05) is 27.2 Å². The van der Waals surface area contributed by atoms with Crippen LogP contribution in [0.25, 0.3) is 0 Å². The van der Waals surface area contributed by atoms with Gasteiger partial charge in [0.05, 0.1) is 39.9 Å². The molecule has 0 saturated carbocycles. The normalized spacial score (nSPS) is 14.5. The summed E-state index contributed by atoms with van der Waals surface area (Å²) in [7, 11) is 1.53. The number of likely N-dealkylation sites (N-methyl/N-ethyl adjacent to an activating group) is 1. The van der Waals surface area contributed by atoms with E-state index in [1.165, 1.54) is 161 Å². The Labute approximate surface area is 494 Å². The van der Waals surface area contributed by atoms with Crippen LogP contribution in [0.3, 0.4) is 0 Å². The molecule has 0 heterocycles. The number of allylic oxidation sites excluding steroid dienone is 19. The van der Waals surface area contributed by atoms with E-state index in [-0.39, 0.29) is 19.1 Å². The van der Waals surface area contributed by atoms with E-state index in [4.69, 9.17) is 9.05 Å². The molecule has 0 aromatic carbocycles. The van der Waals surface area contributed by atoms with Crippen molar-refractivity contribution in [2.45, 2.75) is 283 Å². The second-order valence-corrected chi connectivity index (χ2v) is 24.5. The summed E-state index contributed by atoms with van der Waals surface area (Å²) in [6, 6.07) is -0.881. The molecule has 0 aliphatic rings. The summed E-state index contributed by atoms with van der Waals surface area (Å²) in [6.07, 6.45) is 90.4. The van der Waals surface area contributed by atoms with Crippen molar-refractivity contribution in [1.29, 1.82) is 0 Å². The molecule has 1 amide bonds. The molecule has 460 valence electrons. The molecule has 0 aromatic heterocycles. The summed E-state index contributed by atoms with van der Waals surface area (Å²) in [5, 5.41) is 14.0. The third-order valence-electron chi connectivity index (χ3n) is 14.1. The third kappa shape index (κ3) is 62.5. The zero-order chi connectivity index (χ0) is 58.4. The average Bonchev–Trinajstić information content (AvgIpc) is 3.42. The molecular weight excluding hydrogens is 1010 g/mol. The number of hydrogen-bond acceptors (Lipinski definition) is 5. The van der Waals surface area contributed by atoms with Crippen molar-refractivity contribution in [3.8, 4) is 0 Å². The molecule has 3 N–H and O–H groups in total. The van der Waals surface area contributed by atoms with Gasteiger partial charge in [0.25, 0.3) is 0 Å². The molecule has 3 unspecified atom stereocenters. The third-order valence-corrected chi connectivity index (χ3v) is 15.1. The summed E-state index contributed by atoms with van der Waals surface area (Å²) in [6.45, 7) is 4.68. The number of nitrogens with zero attached hydrogens (tertiary/aromatic N) is 1. The number of aliphatic hydroxyl groups is 1. The lowest BCUT2D eigenvalue weighted by Gasteiger charge is -2.25. The van der Waals surface area contributed by atoms with Crippen LogP contribution < -0.4 is 5.32 Å². The number of aliphatic hydroxyl groups excluding tert-OH is 1. The minimum Gasteiger partial charge on any atom is -0.387 e. The highest BCUT2D eigenvalue weighted by Gasteiger charge is 2.27. The molecule has 9 heteroatoms. The predicted molar refractivity (Wildman–Crippen MR) is 350 cm³/mol. The van der Waals surface area contributed by atoms with Crippen LogP contribution in [0, 0.1) is 0 Å². The van der Waals surface area contributed by atoms with Crippen molar-refractivity contribution in [1.82, 2.24) is 5.32 Å². The molecular formula is C71H126N2O6P+. The van der Waals surface area contributed by atoms with Gasteiger partial charge in [0.2, 0.25) is 5.91 Å². The zero-order valence-corrected chi connectivity index (χ0v) is 53.4. The number of amides is 1. The van der Waals surface area contributed by atoms with Crippen LogP contribution in [0.15, 0.2) is 122 Å². The van der Waals surface area contributed by atoms with E-state index >= 15 is 0 Å². The molecule has 0 radical (unpaired) electrons. The maximum absolute atomic E-state index is 13.0. The largest absolute Gasteiger partial charge is 0.472 e. The topological polar surface area (TPSA) is 105 Å². The Morgan fingerprint density at radius 2 is 0.762 bits per heavy atom. The Balaban J connectivity index is 4.22. The number of quaternary nitrogens is 1. The molecule has 0 rings (SSSR count). The second-order valence-electron chi connectivity index (χ2n) is 23.1. The maximum Gasteiger partial charge on any atom is 0.472 e. The first kappa shape index (κ1) is 76.9. The fraction of sp³-hybridized carbons (Fsp3) is 0.704. The number of unbranched alkanes of at least 4 members (excludes halogenated alkanes) is 28. The SMILES string of the molecule is CC/C=C\C/C=C\C/C=C\C/C=C\C/C=C\C/C=C\C/C=C\CCCCCCCCCCCCCC(=O)NC(COP(=O)(O)OCC[N+](C)(C)C)C(O)/C=C/CC/C=C/CC/C=C/CCCCCCCCCCCCCCCCC. The van der Waals surface area contributed by atoms with E-state index in [0.29, 0.717) is 17.4 Å². The smallest absolute Gasteiger partial charge is 0.387 e. The van der Waals surface area contributed by atoms with E-state index in [1.54, 1.807) is 6.08 Å². The second kappa shape index (κ2) is 60.5. The van der Waals surface area contributed by atoms with Crippen molar-refractivity contribution in [3.63, 3.8) is 0 Å². The number of phosphoric ester groups is 1. The number of phosphoric acid groups is 1. The van der Waals surface area contributed by atoms with Crippen LogP contribution in [0.2, 0.25) is 0 Å². The van der Waals surface area contributed by atoms with Crippen LogP contribution >= 0.6 is 7.82 Å². The van der Waals surface area contributed by atoms with Gasteiger partial charge in [-0.1, -0.05) is 283 Å². The van der Waals surface area contributed by atoms with E-state index in [9.17, 15) is 19.4 Å². The molecule has 0 aromatic rings. The van der Waals surface area contributed by atoms with Crippen LogP contribution in [0.1, 0.15) is 271 Å². The van der Waals surface area contributed by atoms with Crippen molar-refractivity contribution >= 4 is 13.7 Å². The number of hydrogen-bond donors (Lipinski definition) is 3. The Morgan fingerprint density at radius 3 is 1.15 bits per heavy atom. The molecule has 0 bridgehead atoms. The molecule has 0 fully saturated rings. The van der Waals surface area contributed by atoms with Gasteiger partial charge in [0, 0.05) is 6.42 Å². The first-order valence-electron chi connectivity index (χ1n) is 32.9. The Hall–Kier alpha value is -3.10. The number of carbonyl (C=O) groups is 1. The molecule has 0 aliphatic carbocycles. The summed E-state index contributed by atoms with van der Waals surface area (Å²) in [5.41, 5.74) is 0. The minimum atomic E-state index is -4.37. The first-order chi connectivity index (χ1) is 39.0. The highest BCUT2D eigenvalue weighted by molar-refractivity contribution is 7.47. The number of rotatable bonds is 59. The van der Waals surface area contributed by atoms with Crippen LogP contribution in [-0.2, 0) is 18.4 Å². The van der Waals surface area contributed by atoms with Crippen molar-refractivity contribution < 1.29 is 32.9 Å². The van der Waals surface area contributed by atoms with Gasteiger partial charge in [0.1, 0.15) is 13.2 Å². The van der Waals surface area contributed by atoms with Crippen molar-refractivity contribution in [2.24, 2.45) is 0 Å². The average molecular weight is 1130 g/mol. The quantitative estimate of drug-likeness (QED) is 0.0243. The van der Waals surface area contributed by atoms with E-state index in [0.717, 1.165) is 89.9 Å². The summed E-state index contributed by atoms with van der Waals surface area (Å²) >= 11 is 0.